The highest BCUT2D eigenvalue weighted by Crippen LogP contribution is 2.32. The Bertz CT molecular complexity index is 490. The van der Waals surface area contributed by atoms with Gasteiger partial charge in [-0.3, -0.25) is 4.79 Å². The van der Waals surface area contributed by atoms with Crippen LogP contribution in [0.5, 0.6) is 0 Å². The fourth-order valence-electron chi connectivity index (χ4n) is 2.85. The first kappa shape index (κ1) is 16.2. The van der Waals surface area contributed by atoms with Crippen LogP contribution in [0, 0.1) is 12.8 Å². The highest BCUT2D eigenvalue weighted by molar-refractivity contribution is 7.99. The number of thioether (sulfide) groups is 1. The Morgan fingerprint density at radius 1 is 1.43 bits per heavy atom. The van der Waals surface area contributed by atoms with Crippen molar-refractivity contribution in [2.24, 2.45) is 5.92 Å². The lowest BCUT2D eigenvalue weighted by molar-refractivity contribution is -0.115. The molecule has 0 heterocycles. The Morgan fingerprint density at radius 3 is 3.00 bits per heavy atom. The van der Waals surface area contributed by atoms with Gasteiger partial charge >= 0.3 is 0 Å². The van der Waals surface area contributed by atoms with Gasteiger partial charge in [-0.25, -0.2) is 0 Å². The summed E-state index contributed by atoms with van der Waals surface area (Å²) in [6, 6.07) is 5.63. The van der Waals surface area contributed by atoms with Gasteiger partial charge in [0.1, 0.15) is 0 Å². The monoisotopic (exact) mass is 306 g/mol. The first-order valence-electron chi connectivity index (χ1n) is 7.83. The molecule has 1 amide bonds. The number of rotatable bonds is 5. The minimum absolute atomic E-state index is 0.0834. The number of anilines is 2. The third-order valence-electron chi connectivity index (χ3n) is 4.22. The Labute approximate surface area is 132 Å². The number of nitrogen functional groups attached to an aromatic ring is 1. The maximum absolute atomic E-state index is 12.0. The summed E-state index contributed by atoms with van der Waals surface area (Å²) < 4.78 is 0. The molecule has 0 spiro atoms. The summed E-state index contributed by atoms with van der Waals surface area (Å²) in [5.41, 5.74) is 8.35. The lowest BCUT2D eigenvalue weighted by Gasteiger charge is -2.26. The number of nitrogens with two attached hydrogens (primary N) is 1. The van der Waals surface area contributed by atoms with Crippen molar-refractivity contribution in [3.8, 4) is 0 Å². The molecule has 1 aliphatic carbocycles. The minimum Gasteiger partial charge on any atom is -0.398 e. The average Bonchev–Trinajstić information content (AvgIpc) is 2.44. The first-order chi connectivity index (χ1) is 10.1. The second kappa shape index (κ2) is 7.74. The van der Waals surface area contributed by atoms with Crippen LogP contribution >= 0.6 is 11.8 Å². The van der Waals surface area contributed by atoms with E-state index >= 15 is 0 Å². The van der Waals surface area contributed by atoms with Crippen LogP contribution in [0.2, 0.25) is 0 Å². The zero-order chi connectivity index (χ0) is 15.2. The predicted molar refractivity (Wildman–Crippen MR) is 92.7 cm³/mol. The lowest BCUT2D eigenvalue weighted by atomic mass is 9.91. The van der Waals surface area contributed by atoms with Crippen molar-refractivity contribution in [1.82, 2.24) is 0 Å². The predicted octanol–water partition coefficient (Wildman–Crippen LogP) is 4.22. The molecule has 2 atom stereocenters. The Hall–Kier alpha value is -1.16. The maximum Gasteiger partial charge on any atom is 0.225 e. The van der Waals surface area contributed by atoms with Crippen LogP contribution < -0.4 is 11.1 Å². The molecule has 3 N–H and O–H groups in total. The van der Waals surface area contributed by atoms with E-state index in [1.54, 1.807) is 0 Å². The zero-order valence-electron chi connectivity index (χ0n) is 13.0. The van der Waals surface area contributed by atoms with Gasteiger partial charge in [-0.15, -0.1) is 0 Å². The third kappa shape index (κ3) is 4.95. The maximum atomic E-state index is 12.0. The number of benzene rings is 1. The standard InChI is InChI=1S/C17H26N2OS/c1-12-5-3-6-14(11-12)21-10-9-17(20)19-16-8-4-7-15(18)13(16)2/h4,7-8,12,14H,3,5-6,9-11,18H2,1-2H3,(H,19,20). The molecule has 21 heavy (non-hydrogen) atoms. The summed E-state index contributed by atoms with van der Waals surface area (Å²) in [6.07, 6.45) is 5.90. The fourth-order valence-corrected chi connectivity index (χ4v) is 4.28. The second-order valence-electron chi connectivity index (χ2n) is 6.08. The van der Waals surface area contributed by atoms with Crippen LogP contribution in [0.15, 0.2) is 18.2 Å². The average molecular weight is 306 g/mol. The van der Waals surface area contributed by atoms with E-state index in [1.807, 2.05) is 36.9 Å². The van der Waals surface area contributed by atoms with Crippen molar-refractivity contribution in [3.63, 3.8) is 0 Å². The van der Waals surface area contributed by atoms with Gasteiger partial charge in [0.2, 0.25) is 5.91 Å². The summed E-state index contributed by atoms with van der Waals surface area (Å²) in [5.74, 6) is 1.84. The fraction of sp³-hybridized carbons (Fsp3) is 0.588. The van der Waals surface area contributed by atoms with Gasteiger partial charge in [0.15, 0.2) is 0 Å². The highest BCUT2D eigenvalue weighted by Gasteiger charge is 2.19. The molecule has 116 valence electrons. The number of carbonyl (C=O) groups is 1. The molecule has 0 radical (unpaired) electrons. The molecule has 0 aliphatic heterocycles. The van der Waals surface area contributed by atoms with Crippen molar-refractivity contribution in [3.05, 3.63) is 23.8 Å². The third-order valence-corrected chi connectivity index (χ3v) is 5.56. The molecule has 0 aromatic heterocycles. The second-order valence-corrected chi connectivity index (χ2v) is 7.49. The molecule has 1 aromatic rings. The van der Waals surface area contributed by atoms with Crippen molar-refractivity contribution in [2.45, 2.75) is 51.2 Å². The van der Waals surface area contributed by atoms with Gasteiger partial charge in [0, 0.05) is 28.8 Å². The summed E-state index contributed by atoms with van der Waals surface area (Å²) in [5, 5.41) is 3.71. The van der Waals surface area contributed by atoms with Crippen molar-refractivity contribution in [1.29, 1.82) is 0 Å². The number of nitrogens with one attached hydrogen (secondary N) is 1. The van der Waals surface area contributed by atoms with Gasteiger partial charge in [-0.1, -0.05) is 25.8 Å². The molecule has 2 rings (SSSR count). The molecule has 0 saturated heterocycles. The summed E-state index contributed by atoms with van der Waals surface area (Å²) >= 11 is 1.96. The van der Waals surface area contributed by atoms with Gasteiger partial charge in [-0.05, 0) is 43.4 Å². The number of hydrogen-bond donors (Lipinski definition) is 2. The quantitative estimate of drug-likeness (QED) is 0.801. The molecule has 3 nitrogen and oxygen atoms in total. The van der Waals surface area contributed by atoms with Gasteiger partial charge < -0.3 is 11.1 Å². The van der Waals surface area contributed by atoms with E-state index in [9.17, 15) is 4.79 Å². The van der Waals surface area contributed by atoms with Crippen LogP contribution in [-0.4, -0.2) is 16.9 Å². The SMILES string of the molecule is Cc1c(N)cccc1NC(=O)CCSC1CCCC(C)C1. The number of carbonyl (C=O) groups excluding carboxylic acids is 1. The van der Waals surface area contributed by atoms with Crippen LogP contribution in [0.1, 0.15) is 44.6 Å². The van der Waals surface area contributed by atoms with Crippen molar-refractivity contribution in [2.75, 3.05) is 16.8 Å². The Morgan fingerprint density at radius 2 is 2.24 bits per heavy atom. The van der Waals surface area contributed by atoms with Crippen LogP contribution in [-0.2, 0) is 4.79 Å². The van der Waals surface area contributed by atoms with Crippen LogP contribution in [0.25, 0.3) is 0 Å². The number of amides is 1. The molecule has 2 unspecified atom stereocenters. The topological polar surface area (TPSA) is 55.1 Å². The highest BCUT2D eigenvalue weighted by atomic mass is 32.2. The first-order valence-corrected chi connectivity index (χ1v) is 8.87. The van der Waals surface area contributed by atoms with Gasteiger partial charge in [-0.2, -0.15) is 11.8 Å². The number of hydrogen-bond acceptors (Lipinski definition) is 3. The van der Waals surface area contributed by atoms with E-state index in [-0.39, 0.29) is 5.91 Å². The molecule has 1 aromatic carbocycles. The Kier molecular flexibility index (Phi) is 5.97. The normalized spacial score (nSPS) is 22.0. The molecule has 1 saturated carbocycles. The smallest absolute Gasteiger partial charge is 0.225 e. The summed E-state index contributed by atoms with van der Waals surface area (Å²) in [4.78, 5) is 12.0. The molecule has 0 bridgehead atoms. The zero-order valence-corrected chi connectivity index (χ0v) is 13.8. The van der Waals surface area contributed by atoms with E-state index < -0.39 is 0 Å². The summed E-state index contributed by atoms with van der Waals surface area (Å²) in [7, 11) is 0. The Balaban J connectivity index is 1.73. The van der Waals surface area contributed by atoms with Crippen molar-refractivity contribution >= 4 is 29.0 Å². The molecule has 1 fully saturated rings. The van der Waals surface area contributed by atoms with Crippen LogP contribution in [0.4, 0.5) is 11.4 Å². The van der Waals surface area contributed by atoms with E-state index in [1.165, 1.54) is 25.7 Å². The van der Waals surface area contributed by atoms with E-state index in [0.717, 1.165) is 33.9 Å². The van der Waals surface area contributed by atoms with Crippen molar-refractivity contribution < 1.29 is 4.79 Å². The molecular weight excluding hydrogens is 280 g/mol. The van der Waals surface area contributed by atoms with E-state index in [4.69, 9.17) is 5.73 Å². The van der Waals surface area contributed by atoms with Crippen LogP contribution in [0.3, 0.4) is 0 Å². The van der Waals surface area contributed by atoms with Gasteiger partial charge in [0.25, 0.3) is 0 Å². The molecule has 1 aliphatic rings. The van der Waals surface area contributed by atoms with E-state index in [2.05, 4.69) is 12.2 Å². The lowest BCUT2D eigenvalue weighted by Crippen LogP contribution is -2.17. The molecular formula is C17H26N2OS. The van der Waals surface area contributed by atoms with E-state index in [0.29, 0.717) is 6.42 Å². The molecule has 4 heteroatoms. The van der Waals surface area contributed by atoms with Gasteiger partial charge in [0.05, 0.1) is 0 Å². The summed E-state index contributed by atoms with van der Waals surface area (Å²) in [6.45, 7) is 4.27. The minimum atomic E-state index is 0.0834. The largest absolute Gasteiger partial charge is 0.398 e.